The normalized spacial score (nSPS) is 15.7. The number of halogens is 1. The largest absolute Gasteiger partial charge is 0.277 e. The van der Waals surface area contributed by atoms with E-state index in [1.165, 1.54) is 5.06 Å². The second-order valence-corrected chi connectivity index (χ2v) is 3.99. The summed E-state index contributed by atoms with van der Waals surface area (Å²) >= 11 is 5.86. The summed E-state index contributed by atoms with van der Waals surface area (Å²) in [6.45, 7) is 3.16. The van der Waals surface area contributed by atoms with Gasteiger partial charge in [-0.25, -0.2) is 5.06 Å². The van der Waals surface area contributed by atoms with Crippen LogP contribution in [0.4, 0.5) is 0 Å². The first kappa shape index (κ1) is 10.5. The van der Waals surface area contributed by atoms with Gasteiger partial charge in [-0.15, -0.1) is 0 Å². The van der Waals surface area contributed by atoms with E-state index in [2.05, 4.69) is 0 Å². The summed E-state index contributed by atoms with van der Waals surface area (Å²) in [6.07, 6.45) is 0.894. The van der Waals surface area contributed by atoms with Crippen molar-refractivity contribution in [1.29, 1.82) is 0 Å². The molecule has 1 amide bonds. The minimum Gasteiger partial charge on any atom is -0.271 e. The summed E-state index contributed by atoms with van der Waals surface area (Å²) in [7, 11) is 0. The van der Waals surface area contributed by atoms with Crippen molar-refractivity contribution in [3.63, 3.8) is 0 Å². The van der Waals surface area contributed by atoms with Crippen LogP contribution >= 0.6 is 11.6 Å². The van der Waals surface area contributed by atoms with Crippen LogP contribution in [0, 0.1) is 6.92 Å². The monoisotopic (exact) mass is 225 g/mol. The SMILES string of the molecule is Cc1ccc(Cl)cc1C(=O)N1CCCO1. The van der Waals surface area contributed by atoms with Gasteiger partial charge in [-0.2, -0.15) is 0 Å². The van der Waals surface area contributed by atoms with Crippen LogP contribution in [0.15, 0.2) is 18.2 Å². The van der Waals surface area contributed by atoms with E-state index < -0.39 is 0 Å². The number of hydroxylamine groups is 2. The third-order valence-corrected chi connectivity index (χ3v) is 2.64. The molecule has 1 saturated heterocycles. The highest BCUT2D eigenvalue weighted by Crippen LogP contribution is 2.19. The fourth-order valence-electron chi connectivity index (χ4n) is 1.57. The van der Waals surface area contributed by atoms with E-state index in [0.717, 1.165) is 12.0 Å². The first-order chi connectivity index (χ1) is 7.18. The highest BCUT2D eigenvalue weighted by atomic mass is 35.5. The fourth-order valence-corrected chi connectivity index (χ4v) is 1.74. The van der Waals surface area contributed by atoms with E-state index in [4.69, 9.17) is 16.4 Å². The Morgan fingerprint density at radius 1 is 1.53 bits per heavy atom. The molecule has 1 aromatic carbocycles. The molecule has 80 valence electrons. The quantitative estimate of drug-likeness (QED) is 0.735. The van der Waals surface area contributed by atoms with Crippen LogP contribution in [0.1, 0.15) is 22.3 Å². The first-order valence-electron chi connectivity index (χ1n) is 4.89. The van der Waals surface area contributed by atoms with Crippen molar-refractivity contribution in [2.45, 2.75) is 13.3 Å². The van der Waals surface area contributed by atoms with Gasteiger partial charge in [-0.3, -0.25) is 9.63 Å². The number of nitrogens with zero attached hydrogens (tertiary/aromatic N) is 1. The summed E-state index contributed by atoms with van der Waals surface area (Å²) in [5.41, 5.74) is 1.53. The molecule has 4 heteroatoms. The zero-order valence-corrected chi connectivity index (χ0v) is 9.25. The molecule has 0 aromatic heterocycles. The molecule has 2 rings (SSSR count). The summed E-state index contributed by atoms with van der Waals surface area (Å²) in [5, 5.41) is 1.97. The fraction of sp³-hybridized carbons (Fsp3) is 0.364. The minimum atomic E-state index is -0.104. The zero-order valence-electron chi connectivity index (χ0n) is 8.50. The van der Waals surface area contributed by atoms with Gasteiger partial charge in [-0.1, -0.05) is 17.7 Å². The predicted molar refractivity (Wildman–Crippen MR) is 57.8 cm³/mol. The van der Waals surface area contributed by atoms with E-state index in [1.54, 1.807) is 12.1 Å². The molecule has 15 heavy (non-hydrogen) atoms. The van der Waals surface area contributed by atoms with Gasteiger partial charge in [0.15, 0.2) is 0 Å². The second-order valence-electron chi connectivity index (χ2n) is 3.55. The molecular weight excluding hydrogens is 214 g/mol. The maximum atomic E-state index is 12.0. The van der Waals surface area contributed by atoms with Crippen LogP contribution in [0.2, 0.25) is 5.02 Å². The molecule has 0 aliphatic carbocycles. The Kier molecular flexibility index (Phi) is 2.93. The lowest BCUT2D eigenvalue weighted by Crippen LogP contribution is -2.27. The molecule has 0 radical (unpaired) electrons. The topological polar surface area (TPSA) is 29.5 Å². The van der Waals surface area contributed by atoms with Crippen LogP contribution in [0.3, 0.4) is 0 Å². The van der Waals surface area contributed by atoms with E-state index in [9.17, 15) is 4.79 Å². The highest BCUT2D eigenvalue weighted by molar-refractivity contribution is 6.31. The summed E-state index contributed by atoms with van der Waals surface area (Å²) in [6, 6.07) is 5.30. The molecule has 1 aromatic rings. The number of hydrogen-bond acceptors (Lipinski definition) is 2. The lowest BCUT2D eigenvalue weighted by molar-refractivity contribution is -0.0768. The lowest BCUT2D eigenvalue weighted by atomic mass is 10.1. The van der Waals surface area contributed by atoms with E-state index >= 15 is 0 Å². The van der Waals surface area contributed by atoms with Gasteiger partial charge in [0.1, 0.15) is 0 Å². The minimum absolute atomic E-state index is 0.104. The van der Waals surface area contributed by atoms with E-state index in [0.29, 0.717) is 23.7 Å². The predicted octanol–water partition coefficient (Wildman–Crippen LogP) is 2.43. The van der Waals surface area contributed by atoms with Gasteiger partial charge in [0, 0.05) is 10.6 Å². The molecule has 1 heterocycles. The van der Waals surface area contributed by atoms with Crippen molar-refractivity contribution >= 4 is 17.5 Å². The number of aryl methyl sites for hydroxylation is 1. The molecule has 0 saturated carbocycles. The molecule has 0 spiro atoms. The molecule has 0 N–H and O–H groups in total. The Hall–Kier alpha value is -1.06. The number of hydrogen-bond donors (Lipinski definition) is 0. The van der Waals surface area contributed by atoms with Crippen molar-refractivity contribution in [3.8, 4) is 0 Å². The van der Waals surface area contributed by atoms with Gasteiger partial charge in [0.05, 0.1) is 13.2 Å². The van der Waals surface area contributed by atoms with Crippen LogP contribution in [-0.2, 0) is 4.84 Å². The Morgan fingerprint density at radius 2 is 2.33 bits per heavy atom. The standard InChI is InChI=1S/C11H12ClNO2/c1-8-3-4-9(12)7-10(8)11(14)13-5-2-6-15-13/h3-4,7H,2,5-6H2,1H3. The average Bonchev–Trinajstić information content (AvgIpc) is 2.74. The molecular formula is C11H12ClNO2. The third kappa shape index (κ3) is 2.13. The van der Waals surface area contributed by atoms with Crippen LogP contribution in [-0.4, -0.2) is 24.1 Å². The van der Waals surface area contributed by atoms with Gasteiger partial charge < -0.3 is 0 Å². The van der Waals surface area contributed by atoms with Gasteiger partial charge in [-0.05, 0) is 31.0 Å². The molecule has 1 aliphatic heterocycles. The van der Waals surface area contributed by atoms with Crippen molar-refractivity contribution in [2.75, 3.05) is 13.2 Å². The third-order valence-electron chi connectivity index (χ3n) is 2.41. The van der Waals surface area contributed by atoms with E-state index in [-0.39, 0.29) is 5.91 Å². The maximum Gasteiger partial charge on any atom is 0.277 e. The summed E-state index contributed by atoms with van der Waals surface area (Å²) in [4.78, 5) is 17.2. The van der Waals surface area contributed by atoms with E-state index in [1.807, 2.05) is 13.0 Å². The Labute approximate surface area is 93.5 Å². The first-order valence-corrected chi connectivity index (χ1v) is 5.27. The Balaban J connectivity index is 2.27. The number of carbonyl (C=O) groups excluding carboxylic acids is 1. The summed E-state index contributed by atoms with van der Waals surface area (Å²) in [5.74, 6) is -0.104. The number of carbonyl (C=O) groups is 1. The number of amides is 1. The van der Waals surface area contributed by atoms with Crippen LogP contribution in [0.25, 0.3) is 0 Å². The van der Waals surface area contributed by atoms with Crippen molar-refractivity contribution in [1.82, 2.24) is 5.06 Å². The highest BCUT2D eigenvalue weighted by Gasteiger charge is 2.22. The van der Waals surface area contributed by atoms with Gasteiger partial charge in [0.25, 0.3) is 5.91 Å². The lowest BCUT2D eigenvalue weighted by Gasteiger charge is -2.15. The van der Waals surface area contributed by atoms with Crippen molar-refractivity contribution in [2.24, 2.45) is 0 Å². The van der Waals surface area contributed by atoms with Gasteiger partial charge in [0.2, 0.25) is 0 Å². The molecule has 1 aliphatic rings. The molecule has 0 atom stereocenters. The number of rotatable bonds is 1. The van der Waals surface area contributed by atoms with Gasteiger partial charge >= 0.3 is 0 Å². The maximum absolute atomic E-state index is 12.0. The zero-order chi connectivity index (χ0) is 10.8. The van der Waals surface area contributed by atoms with Crippen molar-refractivity contribution < 1.29 is 9.63 Å². The Morgan fingerprint density at radius 3 is 3.00 bits per heavy atom. The van der Waals surface area contributed by atoms with Crippen molar-refractivity contribution in [3.05, 3.63) is 34.3 Å². The number of benzene rings is 1. The molecule has 3 nitrogen and oxygen atoms in total. The smallest absolute Gasteiger partial charge is 0.271 e. The summed E-state index contributed by atoms with van der Waals surface area (Å²) < 4.78 is 0. The molecule has 0 unspecified atom stereocenters. The average molecular weight is 226 g/mol. The molecule has 0 bridgehead atoms. The second kappa shape index (κ2) is 4.21. The van der Waals surface area contributed by atoms with Crippen LogP contribution in [0.5, 0.6) is 0 Å². The Bertz CT molecular complexity index is 386. The molecule has 1 fully saturated rings. The van der Waals surface area contributed by atoms with Crippen LogP contribution < -0.4 is 0 Å².